The van der Waals surface area contributed by atoms with E-state index in [-0.39, 0.29) is 22.0 Å². The average molecular weight is 297 g/mol. The van der Waals surface area contributed by atoms with Crippen LogP contribution in [0.25, 0.3) is 0 Å². The third-order valence-electron chi connectivity index (χ3n) is 2.54. The van der Waals surface area contributed by atoms with E-state index in [1.807, 2.05) is 19.9 Å². The number of carbonyl (C=O) groups is 2. The Balaban J connectivity index is 3.16. The molecule has 0 spiro atoms. The van der Waals surface area contributed by atoms with E-state index in [9.17, 15) is 9.59 Å². The van der Waals surface area contributed by atoms with Crippen LogP contribution in [0.3, 0.4) is 0 Å². The summed E-state index contributed by atoms with van der Waals surface area (Å²) >= 11 is 1.11. The first-order valence-electron chi connectivity index (χ1n) is 6.02. The molecule has 0 bridgehead atoms. The van der Waals surface area contributed by atoms with E-state index in [0.29, 0.717) is 11.5 Å². The molecule has 0 aliphatic rings. The molecule has 7 heteroatoms. The molecule has 1 amide bonds. The summed E-state index contributed by atoms with van der Waals surface area (Å²) in [5, 5.41) is 6.16. The topological polar surface area (TPSA) is 93.5 Å². The molecule has 0 aliphatic heterocycles. The van der Waals surface area contributed by atoms with Crippen molar-refractivity contribution in [2.45, 2.75) is 13.8 Å². The van der Waals surface area contributed by atoms with E-state index >= 15 is 0 Å². The Bertz CT molecular complexity index is 545. The van der Waals surface area contributed by atoms with Gasteiger partial charge >= 0.3 is 5.97 Å². The van der Waals surface area contributed by atoms with E-state index in [4.69, 9.17) is 5.73 Å². The van der Waals surface area contributed by atoms with Crippen LogP contribution in [0.2, 0.25) is 0 Å². The smallest absolute Gasteiger partial charge is 0.350 e. The molecule has 4 N–H and O–H groups in total. The SMILES string of the molecule is CNC(=O)c1c(NCC=C(C)C)sc(C(=O)OC)c1N. The van der Waals surface area contributed by atoms with Crippen LogP contribution in [0.5, 0.6) is 0 Å². The molecule has 0 radical (unpaired) electrons. The van der Waals surface area contributed by atoms with Gasteiger partial charge in [-0.15, -0.1) is 11.3 Å². The number of thiophene rings is 1. The Morgan fingerprint density at radius 1 is 1.40 bits per heavy atom. The first kappa shape index (κ1) is 16.0. The number of allylic oxidation sites excluding steroid dienone is 1. The number of hydrogen-bond donors (Lipinski definition) is 3. The number of methoxy groups -OCH3 is 1. The van der Waals surface area contributed by atoms with Gasteiger partial charge in [0.05, 0.1) is 18.4 Å². The Morgan fingerprint density at radius 2 is 2.05 bits per heavy atom. The number of carbonyl (C=O) groups excluding carboxylic acids is 2. The van der Waals surface area contributed by atoms with E-state index in [0.717, 1.165) is 16.9 Å². The fourth-order valence-corrected chi connectivity index (χ4v) is 2.55. The molecular formula is C13H19N3O3S. The lowest BCUT2D eigenvalue weighted by atomic mass is 10.2. The van der Waals surface area contributed by atoms with Crippen molar-refractivity contribution < 1.29 is 14.3 Å². The highest BCUT2D eigenvalue weighted by atomic mass is 32.1. The summed E-state index contributed by atoms with van der Waals surface area (Å²) in [7, 11) is 2.79. The minimum absolute atomic E-state index is 0.140. The third-order valence-corrected chi connectivity index (χ3v) is 3.69. The van der Waals surface area contributed by atoms with Crippen LogP contribution in [0.4, 0.5) is 10.7 Å². The van der Waals surface area contributed by atoms with Gasteiger partial charge in [-0.05, 0) is 13.8 Å². The van der Waals surface area contributed by atoms with Crippen LogP contribution in [0, 0.1) is 0 Å². The number of hydrogen-bond acceptors (Lipinski definition) is 6. The molecule has 6 nitrogen and oxygen atoms in total. The number of anilines is 2. The first-order valence-corrected chi connectivity index (χ1v) is 6.83. The van der Waals surface area contributed by atoms with E-state index in [1.165, 1.54) is 14.2 Å². The summed E-state index contributed by atoms with van der Waals surface area (Å²) in [6.45, 7) is 4.50. The number of nitrogens with one attached hydrogen (secondary N) is 2. The summed E-state index contributed by atoms with van der Waals surface area (Å²) in [5.41, 5.74) is 7.45. The Hall–Kier alpha value is -2.02. The minimum atomic E-state index is -0.548. The molecule has 110 valence electrons. The van der Waals surface area contributed by atoms with Gasteiger partial charge in [-0.1, -0.05) is 11.6 Å². The largest absolute Gasteiger partial charge is 0.465 e. The Morgan fingerprint density at radius 3 is 2.55 bits per heavy atom. The number of esters is 1. The number of nitrogen functional groups attached to an aromatic ring is 1. The molecule has 0 atom stereocenters. The lowest BCUT2D eigenvalue weighted by molar-refractivity contribution is 0.0607. The highest BCUT2D eigenvalue weighted by Crippen LogP contribution is 2.36. The lowest BCUT2D eigenvalue weighted by Gasteiger charge is -2.05. The highest BCUT2D eigenvalue weighted by Gasteiger charge is 2.25. The molecule has 1 heterocycles. The molecule has 20 heavy (non-hydrogen) atoms. The van der Waals surface area contributed by atoms with Crippen molar-refractivity contribution in [2.24, 2.45) is 0 Å². The molecule has 0 saturated carbocycles. The van der Waals surface area contributed by atoms with Crippen LogP contribution in [-0.4, -0.2) is 32.6 Å². The number of nitrogens with two attached hydrogens (primary N) is 1. The van der Waals surface area contributed by atoms with Gasteiger partial charge in [0, 0.05) is 13.6 Å². The molecule has 0 fully saturated rings. The van der Waals surface area contributed by atoms with Crippen LogP contribution >= 0.6 is 11.3 Å². The summed E-state index contributed by atoms with van der Waals surface area (Å²) in [6.07, 6.45) is 1.97. The predicted molar refractivity (Wildman–Crippen MR) is 81.4 cm³/mol. The van der Waals surface area contributed by atoms with Crippen molar-refractivity contribution in [3.63, 3.8) is 0 Å². The molecule has 0 aliphatic carbocycles. The summed E-state index contributed by atoms with van der Waals surface area (Å²) in [5.74, 6) is -0.887. The van der Waals surface area contributed by atoms with E-state index < -0.39 is 5.97 Å². The van der Waals surface area contributed by atoms with Gasteiger partial charge in [0.2, 0.25) is 0 Å². The highest BCUT2D eigenvalue weighted by molar-refractivity contribution is 7.19. The number of amides is 1. The fraction of sp³-hybridized carbons (Fsp3) is 0.385. The summed E-state index contributed by atoms with van der Waals surface area (Å²) in [4.78, 5) is 23.7. The average Bonchev–Trinajstić information content (AvgIpc) is 2.73. The maximum atomic E-state index is 11.9. The van der Waals surface area contributed by atoms with Gasteiger partial charge in [-0.2, -0.15) is 0 Å². The van der Waals surface area contributed by atoms with Crippen molar-refractivity contribution in [1.29, 1.82) is 0 Å². The normalized spacial score (nSPS) is 9.80. The van der Waals surface area contributed by atoms with Crippen molar-refractivity contribution in [2.75, 3.05) is 31.8 Å². The zero-order chi connectivity index (χ0) is 15.3. The van der Waals surface area contributed by atoms with Crippen LogP contribution < -0.4 is 16.4 Å². The van der Waals surface area contributed by atoms with Gasteiger partial charge in [0.25, 0.3) is 5.91 Å². The molecule has 1 aromatic heterocycles. The monoisotopic (exact) mass is 297 g/mol. The van der Waals surface area contributed by atoms with E-state index in [1.54, 1.807) is 0 Å². The number of ether oxygens (including phenoxy) is 1. The van der Waals surface area contributed by atoms with E-state index in [2.05, 4.69) is 15.4 Å². The maximum Gasteiger partial charge on any atom is 0.350 e. The second kappa shape index (κ2) is 6.95. The first-order chi connectivity index (χ1) is 9.42. The molecule has 0 unspecified atom stereocenters. The lowest BCUT2D eigenvalue weighted by Crippen LogP contribution is -2.20. The van der Waals surface area contributed by atoms with Crippen LogP contribution in [-0.2, 0) is 4.74 Å². The van der Waals surface area contributed by atoms with Gasteiger partial charge in [-0.25, -0.2) is 4.79 Å². The summed E-state index contributed by atoms with van der Waals surface area (Å²) in [6, 6.07) is 0. The number of rotatable bonds is 5. The van der Waals surface area contributed by atoms with Gasteiger partial charge in [-0.3, -0.25) is 4.79 Å². The second-order valence-electron chi connectivity index (χ2n) is 4.28. The molecular weight excluding hydrogens is 278 g/mol. The van der Waals surface area contributed by atoms with Crippen LogP contribution in [0.15, 0.2) is 11.6 Å². The Labute approximate surface area is 122 Å². The zero-order valence-electron chi connectivity index (χ0n) is 12.0. The predicted octanol–water partition coefficient (Wildman–Crippen LogP) is 1.85. The molecule has 0 saturated heterocycles. The van der Waals surface area contributed by atoms with Crippen molar-refractivity contribution in [3.05, 3.63) is 22.1 Å². The van der Waals surface area contributed by atoms with Crippen LogP contribution in [0.1, 0.15) is 33.9 Å². The van der Waals surface area contributed by atoms with Gasteiger partial charge < -0.3 is 21.1 Å². The van der Waals surface area contributed by atoms with Crippen molar-refractivity contribution in [1.82, 2.24) is 5.32 Å². The quantitative estimate of drug-likeness (QED) is 0.569. The third kappa shape index (κ3) is 3.51. The Kier molecular flexibility index (Phi) is 5.57. The van der Waals surface area contributed by atoms with Crippen molar-refractivity contribution in [3.8, 4) is 0 Å². The molecule has 1 aromatic rings. The standard InChI is InChI=1S/C13H19N3O3S/c1-7(2)5-6-16-12-8(11(17)15-3)9(14)10(20-12)13(18)19-4/h5,16H,6,14H2,1-4H3,(H,15,17). The summed E-state index contributed by atoms with van der Waals surface area (Å²) < 4.78 is 4.66. The van der Waals surface area contributed by atoms with Gasteiger partial charge in [0.15, 0.2) is 0 Å². The maximum absolute atomic E-state index is 11.9. The van der Waals surface area contributed by atoms with Gasteiger partial charge in [0.1, 0.15) is 9.88 Å². The minimum Gasteiger partial charge on any atom is -0.465 e. The fourth-order valence-electron chi connectivity index (χ4n) is 1.51. The van der Waals surface area contributed by atoms with Crippen molar-refractivity contribution >= 4 is 33.9 Å². The molecule has 1 rings (SSSR count). The second-order valence-corrected chi connectivity index (χ2v) is 5.30. The molecule has 0 aromatic carbocycles. The zero-order valence-corrected chi connectivity index (χ0v) is 12.8.